The van der Waals surface area contributed by atoms with E-state index in [-0.39, 0.29) is 0 Å². The summed E-state index contributed by atoms with van der Waals surface area (Å²) in [5.74, 6) is 2.64. The molecule has 0 spiro atoms. The fourth-order valence-electron chi connectivity index (χ4n) is 7.02. The summed E-state index contributed by atoms with van der Waals surface area (Å²) in [6.45, 7) is 0. The van der Waals surface area contributed by atoms with Gasteiger partial charge in [0, 0.05) is 53.6 Å². The van der Waals surface area contributed by atoms with Crippen LogP contribution in [0.25, 0.3) is 99.4 Å². The number of thiophene rings is 1. The lowest BCUT2D eigenvalue weighted by molar-refractivity contribution is 1.07. The van der Waals surface area contributed by atoms with Gasteiger partial charge in [0.2, 0.25) is 0 Å². The summed E-state index contributed by atoms with van der Waals surface area (Å²) in [7, 11) is 0. The molecular formula is C49H31N5S. The van der Waals surface area contributed by atoms with Gasteiger partial charge in [0.05, 0.1) is 11.4 Å². The predicted molar refractivity (Wildman–Crippen MR) is 226 cm³/mol. The predicted octanol–water partition coefficient (Wildman–Crippen LogP) is 12.7. The lowest BCUT2D eigenvalue weighted by atomic mass is 10.00. The van der Waals surface area contributed by atoms with Crippen molar-refractivity contribution in [2.24, 2.45) is 0 Å². The fourth-order valence-corrected chi connectivity index (χ4v) is 8.30. The van der Waals surface area contributed by atoms with E-state index < -0.39 is 0 Å². The zero-order chi connectivity index (χ0) is 36.6. The Balaban J connectivity index is 1.07. The second-order valence-electron chi connectivity index (χ2n) is 13.3. The topological polar surface area (TPSA) is 64.5 Å². The van der Waals surface area contributed by atoms with E-state index in [1.807, 2.05) is 97.1 Å². The van der Waals surface area contributed by atoms with E-state index in [4.69, 9.17) is 24.9 Å². The Hall–Kier alpha value is -7.15. The summed E-state index contributed by atoms with van der Waals surface area (Å²) >= 11 is 1.79. The van der Waals surface area contributed by atoms with E-state index in [9.17, 15) is 0 Å². The smallest absolute Gasteiger partial charge is 0.164 e. The number of aromatic nitrogens is 5. The molecule has 0 atom stereocenters. The van der Waals surface area contributed by atoms with Gasteiger partial charge in [-0.15, -0.1) is 11.3 Å². The molecule has 0 aliphatic carbocycles. The first-order valence-electron chi connectivity index (χ1n) is 18.2. The van der Waals surface area contributed by atoms with Crippen LogP contribution in [0, 0.1) is 0 Å². The van der Waals surface area contributed by atoms with E-state index in [0.717, 1.165) is 50.3 Å². The van der Waals surface area contributed by atoms with Crippen LogP contribution in [0.3, 0.4) is 0 Å². The minimum Gasteiger partial charge on any atom is -0.228 e. The van der Waals surface area contributed by atoms with Crippen molar-refractivity contribution in [3.63, 3.8) is 0 Å². The van der Waals surface area contributed by atoms with Gasteiger partial charge in [0.15, 0.2) is 23.3 Å². The van der Waals surface area contributed by atoms with Crippen molar-refractivity contribution in [1.82, 2.24) is 24.9 Å². The van der Waals surface area contributed by atoms with Crippen molar-refractivity contribution >= 4 is 31.5 Å². The number of hydrogen-bond donors (Lipinski definition) is 0. The first-order chi connectivity index (χ1) is 27.2. The SMILES string of the molecule is c1ccc(-c2cc(-c3ccccc3)nc(-c3cccc(-c4cccc5c4sc4cc(-c6nc(-c7ccccc7)nc(-c7ccccc7)n6)ccc45)c3)n2)cc1. The van der Waals surface area contributed by atoms with Crippen LogP contribution in [0.2, 0.25) is 0 Å². The largest absolute Gasteiger partial charge is 0.228 e. The van der Waals surface area contributed by atoms with Gasteiger partial charge in [0.25, 0.3) is 0 Å². The molecule has 55 heavy (non-hydrogen) atoms. The molecule has 0 saturated carbocycles. The van der Waals surface area contributed by atoms with Gasteiger partial charge in [-0.1, -0.05) is 170 Å². The van der Waals surface area contributed by atoms with Gasteiger partial charge < -0.3 is 0 Å². The zero-order valence-electron chi connectivity index (χ0n) is 29.5. The number of benzene rings is 7. The standard InChI is InChI=1S/C49H31N5S/c1-5-15-32(16-6-1)42-31-43(33-17-7-2-8-18-33)51-48(50-42)37-24-13-23-36(29-37)39-25-14-26-41-40-28-27-38(30-44(40)55-45(39)41)49-53-46(34-19-9-3-10-20-34)52-47(54-49)35-21-11-4-12-22-35/h1-31H. The lowest BCUT2D eigenvalue weighted by Gasteiger charge is -2.11. The van der Waals surface area contributed by atoms with Crippen molar-refractivity contribution in [2.75, 3.05) is 0 Å². The molecule has 10 aromatic rings. The first kappa shape index (κ1) is 32.5. The quantitative estimate of drug-likeness (QED) is 0.164. The molecule has 0 unspecified atom stereocenters. The Kier molecular flexibility index (Phi) is 8.28. The van der Waals surface area contributed by atoms with Gasteiger partial charge in [-0.2, -0.15) is 0 Å². The maximum Gasteiger partial charge on any atom is 0.164 e. The molecule has 0 fully saturated rings. The van der Waals surface area contributed by atoms with Gasteiger partial charge in [-0.05, 0) is 29.3 Å². The lowest BCUT2D eigenvalue weighted by Crippen LogP contribution is -1.99. The number of rotatable bonds is 7. The highest BCUT2D eigenvalue weighted by atomic mass is 32.1. The molecular weight excluding hydrogens is 691 g/mol. The third-order valence-electron chi connectivity index (χ3n) is 9.75. The molecule has 0 bridgehead atoms. The van der Waals surface area contributed by atoms with Gasteiger partial charge in [-0.3, -0.25) is 0 Å². The Bertz CT molecular complexity index is 2850. The molecule has 0 amide bonds. The molecule has 5 nitrogen and oxygen atoms in total. The van der Waals surface area contributed by atoms with Crippen molar-refractivity contribution < 1.29 is 0 Å². The molecule has 3 heterocycles. The monoisotopic (exact) mass is 721 g/mol. The van der Waals surface area contributed by atoms with Crippen molar-refractivity contribution in [3.05, 3.63) is 188 Å². The average Bonchev–Trinajstić information content (AvgIpc) is 3.66. The van der Waals surface area contributed by atoms with Crippen LogP contribution in [-0.4, -0.2) is 24.9 Å². The highest BCUT2D eigenvalue weighted by Crippen LogP contribution is 2.42. The van der Waals surface area contributed by atoms with Crippen LogP contribution in [0.4, 0.5) is 0 Å². The summed E-state index contributed by atoms with van der Waals surface area (Å²) < 4.78 is 2.40. The number of nitrogens with zero attached hydrogens (tertiary/aromatic N) is 5. The second-order valence-corrected chi connectivity index (χ2v) is 14.4. The minimum absolute atomic E-state index is 0.646. The average molecular weight is 722 g/mol. The fraction of sp³-hybridized carbons (Fsp3) is 0. The second kappa shape index (κ2) is 14.0. The molecule has 0 N–H and O–H groups in total. The summed E-state index contributed by atoms with van der Waals surface area (Å²) in [6, 6.07) is 64.6. The van der Waals surface area contributed by atoms with Crippen LogP contribution in [0.15, 0.2) is 188 Å². The van der Waals surface area contributed by atoms with E-state index >= 15 is 0 Å². The van der Waals surface area contributed by atoms with Crippen molar-refractivity contribution in [3.8, 4) is 79.2 Å². The molecule has 258 valence electrons. The van der Waals surface area contributed by atoms with E-state index in [1.165, 1.54) is 25.7 Å². The Morgan fingerprint density at radius 1 is 0.291 bits per heavy atom. The van der Waals surface area contributed by atoms with E-state index in [1.54, 1.807) is 11.3 Å². The maximum absolute atomic E-state index is 5.10. The van der Waals surface area contributed by atoms with Gasteiger partial charge in [0.1, 0.15) is 0 Å². The minimum atomic E-state index is 0.646. The molecule has 0 radical (unpaired) electrons. The normalized spacial score (nSPS) is 11.3. The molecule has 10 rings (SSSR count). The van der Waals surface area contributed by atoms with Gasteiger partial charge in [-0.25, -0.2) is 24.9 Å². The summed E-state index contributed by atoms with van der Waals surface area (Å²) in [5.41, 5.74) is 9.99. The van der Waals surface area contributed by atoms with Crippen molar-refractivity contribution in [1.29, 1.82) is 0 Å². The Labute approximate surface area is 322 Å². The van der Waals surface area contributed by atoms with Crippen molar-refractivity contribution in [2.45, 2.75) is 0 Å². The van der Waals surface area contributed by atoms with Crippen LogP contribution in [0.1, 0.15) is 0 Å². The van der Waals surface area contributed by atoms with Crippen LogP contribution >= 0.6 is 11.3 Å². The molecule has 7 aromatic carbocycles. The molecule has 0 aliphatic rings. The molecule has 6 heteroatoms. The molecule has 0 aliphatic heterocycles. The van der Waals surface area contributed by atoms with Crippen LogP contribution < -0.4 is 0 Å². The Morgan fingerprint density at radius 2 is 0.745 bits per heavy atom. The van der Waals surface area contributed by atoms with Crippen LogP contribution in [-0.2, 0) is 0 Å². The molecule has 0 saturated heterocycles. The third-order valence-corrected chi connectivity index (χ3v) is 11.0. The summed E-state index contributed by atoms with van der Waals surface area (Å²) in [5, 5.41) is 2.42. The highest BCUT2D eigenvalue weighted by Gasteiger charge is 2.17. The van der Waals surface area contributed by atoms with E-state index in [0.29, 0.717) is 23.3 Å². The third kappa shape index (κ3) is 6.35. The number of fused-ring (bicyclic) bond motifs is 3. The maximum atomic E-state index is 5.10. The summed E-state index contributed by atoms with van der Waals surface area (Å²) in [4.78, 5) is 25.0. The van der Waals surface area contributed by atoms with Crippen LogP contribution in [0.5, 0.6) is 0 Å². The highest BCUT2D eigenvalue weighted by molar-refractivity contribution is 7.26. The molecule has 3 aromatic heterocycles. The number of hydrogen-bond acceptors (Lipinski definition) is 6. The summed E-state index contributed by atoms with van der Waals surface area (Å²) in [6.07, 6.45) is 0. The van der Waals surface area contributed by atoms with E-state index in [2.05, 4.69) is 91.0 Å². The first-order valence-corrected chi connectivity index (χ1v) is 19.0. The van der Waals surface area contributed by atoms with Gasteiger partial charge >= 0.3 is 0 Å². The Morgan fingerprint density at radius 3 is 1.33 bits per heavy atom. The zero-order valence-corrected chi connectivity index (χ0v) is 30.4.